The number of amides is 3. The van der Waals surface area contributed by atoms with Gasteiger partial charge in [-0.25, -0.2) is 14.4 Å². The minimum Gasteiger partial charge on any atom is -0.459 e. The lowest BCUT2D eigenvalue weighted by atomic mass is 9.62. The van der Waals surface area contributed by atoms with E-state index in [4.69, 9.17) is 9.47 Å². The smallest absolute Gasteiger partial charge is 0.407 e. The highest BCUT2D eigenvalue weighted by atomic mass is 16.6. The Morgan fingerprint density at radius 1 is 1.23 bits per heavy atom. The van der Waals surface area contributed by atoms with Gasteiger partial charge in [-0.05, 0) is 37.0 Å². The summed E-state index contributed by atoms with van der Waals surface area (Å²) in [6, 6.07) is -0.0827. The van der Waals surface area contributed by atoms with Crippen molar-refractivity contribution >= 4 is 18.1 Å². The summed E-state index contributed by atoms with van der Waals surface area (Å²) in [5.74, 6) is -0.555. The lowest BCUT2D eigenvalue weighted by molar-refractivity contribution is -0.138. The van der Waals surface area contributed by atoms with Gasteiger partial charge in [-0.1, -0.05) is 27.4 Å². The van der Waals surface area contributed by atoms with Crippen molar-refractivity contribution in [2.75, 3.05) is 33.5 Å². The van der Waals surface area contributed by atoms with Gasteiger partial charge < -0.3 is 25.0 Å². The molecule has 9 heteroatoms. The maximum Gasteiger partial charge on any atom is 0.407 e. The second kappa shape index (κ2) is 10.1. The molecule has 0 aromatic heterocycles. The Balaban J connectivity index is 1.86. The summed E-state index contributed by atoms with van der Waals surface area (Å²) in [5, 5.41) is 6.00. The Bertz CT molecular complexity index is 735. The lowest BCUT2D eigenvalue weighted by Crippen LogP contribution is -2.52. The SMILES string of the molecule is C=CC(=O)OCCOC(=O)NCC1(C)CC(NC(=O)N2CN(C)C=C2C)CC(C)(C)C1. The Labute approximate surface area is 184 Å². The number of hydrogen-bond acceptors (Lipinski definition) is 6. The van der Waals surface area contributed by atoms with Crippen LogP contribution in [0.2, 0.25) is 0 Å². The average Bonchev–Trinajstić information content (AvgIpc) is 3.00. The third-order valence-corrected chi connectivity index (χ3v) is 5.60. The molecule has 31 heavy (non-hydrogen) atoms. The molecule has 0 radical (unpaired) electrons. The van der Waals surface area contributed by atoms with Crippen LogP contribution in [0.3, 0.4) is 0 Å². The highest BCUT2D eigenvalue weighted by molar-refractivity contribution is 5.81. The summed E-state index contributed by atoms with van der Waals surface area (Å²) in [5.41, 5.74) is 0.740. The van der Waals surface area contributed by atoms with Gasteiger partial charge >= 0.3 is 18.1 Å². The van der Waals surface area contributed by atoms with Crippen LogP contribution in [0.4, 0.5) is 9.59 Å². The average molecular weight is 437 g/mol. The van der Waals surface area contributed by atoms with Crippen molar-refractivity contribution in [1.82, 2.24) is 20.4 Å². The molecule has 2 N–H and O–H groups in total. The van der Waals surface area contributed by atoms with Crippen LogP contribution in [0.15, 0.2) is 24.6 Å². The Kier molecular flexibility index (Phi) is 7.97. The highest BCUT2D eigenvalue weighted by Gasteiger charge is 2.42. The first-order valence-electron chi connectivity index (χ1n) is 10.6. The number of carbonyl (C=O) groups is 3. The van der Waals surface area contributed by atoms with Crippen LogP contribution < -0.4 is 10.6 Å². The van der Waals surface area contributed by atoms with Crippen LogP contribution in [0, 0.1) is 10.8 Å². The van der Waals surface area contributed by atoms with Gasteiger partial charge in [0.2, 0.25) is 0 Å². The molecule has 174 valence electrons. The maximum atomic E-state index is 12.8. The monoisotopic (exact) mass is 436 g/mol. The van der Waals surface area contributed by atoms with Gasteiger partial charge in [-0.3, -0.25) is 4.90 Å². The molecule has 1 aliphatic carbocycles. The molecule has 0 saturated heterocycles. The zero-order valence-electron chi connectivity index (χ0n) is 19.3. The Morgan fingerprint density at radius 2 is 1.90 bits per heavy atom. The van der Waals surface area contributed by atoms with Gasteiger partial charge in [-0.2, -0.15) is 0 Å². The number of allylic oxidation sites excluding steroid dienone is 1. The first-order chi connectivity index (χ1) is 14.4. The zero-order chi connectivity index (χ0) is 23.2. The van der Waals surface area contributed by atoms with E-state index < -0.39 is 12.1 Å². The van der Waals surface area contributed by atoms with Crippen LogP contribution in [0.5, 0.6) is 0 Å². The molecule has 0 aromatic rings. The molecule has 2 atom stereocenters. The minimum absolute atomic E-state index is 0.0103. The molecular formula is C22H36N4O5. The van der Waals surface area contributed by atoms with E-state index in [1.807, 2.05) is 25.1 Å². The van der Waals surface area contributed by atoms with E-state index in [-0.39, 0.29) is 36.1 Å². The minimum atomic E-state index is -0.555. The number of ether oxygens (including phenoxy) is 2. The first kappa shape index (κ1) is 24.6. The highest BCUT2D eigenvalue weighted by Crippen LogP contribution is 2.45. The van der Waals surface area contributed by atoms with Crippen LogP contribution in [-0.4, -0.2) is 67.4 Å². The van der Waals surface area contributed by atoms with Gasteiger partial charge in [-0.15, -0.1) is 0 Å². The van der Waals surface area contributed by atoms with E-state index in [0.29, 0.717) is 13.2 Å². The maximum absolute atomic E-state index is 12.8. The summed E-state index contributed by atoms with van der Waals surface area (Å²) in [6.07, 6.45) is 4.99. The van der Waals surface area contributed by atoms with E-state index in [2.05, 4.69) is 38.0 Å². The number of esters is 1. The van der Waals surface area contributed by atoms with E-state index in [1.165, 1.54) is 0 Å². The summed E-state index contributed by atoms with van der Waals surface area (Å²) in [7, 11) is 1.94. The number of nitrogens with zero attached hydrogens (tertiary/aromatic N) is 2. The fourth-order valence-electron chi connectivity index (χ4n) is 4.78. The van der Waals surface area contributed by atoms with Crippen LogP contribution in [-0.2, 0) is 14.3 Å². The normalized spacial score (nSPS) is 24.8. The van der Waals surface area contributed by atoms with E-state index in [1.54, 1.807) is 4.90 Å². The molecule has 0 spiro atoms. The van der Waals surface area contributed by atoms with Crippen LogP contribution >= 0.6 is 0 Å². The molecule has 2 aliphatic rings. The van der Waals surface area contributed by atoms with Gasteiger partial charge in [0, 0.05) is 37.6 Å². The molecule has 1 fully saturated rings. The van der Waals surface area contributed by atoms with Gasteiger partial charge in [0.25, 0.3) is 0 Å². The van der Waals surface area contributed by atoms with Crippen molar-refractivity contribution in [3.63, 3.8) is 0 Å². The van der Waals surface area contributed by atoms with Crippen molar-refractivity contribution in [2.45, 2.75) is 53.0 Å². The molecular weight excluding hydrogens is 400 g/mol. The van der Waals surface area contributed by atoms with Crippen molar-refractivity contribution in [3.05, 3.63) is 24.6 Å². The molecule has 2 rings (SSSR count). The first-order valence-corrected chi connectivity index (χ1v) is 10.6. The van der Waals surface area contributed by atoms with Crippen molar-refractivity contribution < 1.29 is 23.9 Å². The molecule has 2 unspecified atom stereocenters. The topological polar surface area (TPSA) is 100 Å². The fourth-order valence-corrected chi connectivity index (χ4v) is 4.78. The second-order valence-corrected chi connectivity index (χ2v) is 9.66. The third-order valence-electron chi connectivity index (χ3n) is 5.60. The lowest BCUT2D eigenvalue weighted by Gasteiger charge is -2.47. The van der Waals surface area contributed by atoms with Crippen molar-refractivity contribution in [2.24, 2.45) is 10.8 Å². The molecule has 1 saturated carbocycles. The summed E-state index contributed by atoms with van der Waals surface area (Å²) < 4.78 is 9.83. The number of nitrogens with one attached hydrogen (secondary N) is 2. The van der Waals surface area contributed by atoms with Gasteiger partial charge in [0.05, 0.1) is 6.67 Å². The molecule has 9 nitrogen and oxygen atoms in total. The predicted octanol–water partition coefficient (Wildman–Crippen LogP) is 2.80. The largest absolute Gasteiger partial charge is 0.459 e. The Morgan fingerprint density at radius 3 is 2.52 bits per heavy atom. The number of alkyl carbamates (subject to hydrolysis) is 1. The van der Waals surface area contributed by atoms with E-state index >= 15 is 0 Å². The van der Waals surface area contributed by atoms with Gasteiger partial charge in [0.1, 0.15) is 13.2 Å². The predicted molar refractivity (Wildman–Crippen MR) is 117 cm³/mol. The number of rotatable bonds is 7. The molecule has 1 aliphatic heterocycles. The molecule has 0 bridgehead atoms. The second-order valence-electron chi connectivity index (χ2n) is 9.66. The van der Waals surface area contributed by atoms with E-state index in [0.717, 1.165) is 31.0 Å². The number of urea groups is 1. The summed E-state index contributed by atoms with van der Waals surface area (Å²) in [4.78, 5) is 39.5. The number of hydrogen-bond donors (Lipinski definition) is 2. The number of carbonyl (C=O) groups excluding carboxylic acids is 3. The summed E-state index contributed by atoms with van der Waals surface area (Å²) in [6.45, 7) is 12.6. The van der Waals surface area contributed by atoms with Crippen LogP contribution in [0.25, 0.3) is 0 Å². The summed E-state index contributed by atoms with van der Waals surface area (Å²) >= 11 is 0. The van der Waals surface area contributed by atoms with Gasteiger partial charge in [0.15, 0.2) is 0 Å². The van der Waals surface area contributed by atoms with E-state index in [9.17, 15) is 14.4 Å². The Hall–Kier alpha value is -2.71. The quantitative estimate of drug-likeness (QED) is 0.362. The molecule has 3 amide bonds. The van der Waals surface area contributed by atoms with Crippen LogP contribution in [0.1, 0.15) is 47.0 Å². The molecule has 0 aromatic carbocycles. The zero-order valence-corrected chi connectivity index (χ0v) is 19.3. The standard InChI is InChI=1S/C22H36N4O5/c1-7-18(27)30-8-9-31-20(29)23-14-22(5)11-17(10-21(3,4)13-22)24-19(28)26-15-25(6)12-16(26)2/h7,12,17H,1,8-11,13-15H2,2-6H3,(H,23,29)(H,24,28). The molecule has 1 heterocycles. The van der Waals surface area contributed by atoms with Crippen molar-refractivity contribution in [1.29, 1.82) is 0 Å². The fraction of sp³-hybridized carbons (Fsp3) is 0.682. The third kappa shape index (κ3) is 7.48. The van der Waals surface area contributed by atoms with Crippen molar-refractivity contribution in [3.8, 4) is 0 Å².